The molecule has 0 aliphatic heterocycles. The number of alkyl halides is 3. The number of aliphatic carboxylic acids is 1. The molecule has 0 aliphatic carbocycles. The van der Waals surface area contributed by atoms with E-state index < -0.39 is 12.1 Å². The molecule has 0 saturated heterocycles. The summed E-state index contributed by atoms with van der Waals surface area (Å²) in [4.78, 5) is 25.2. The van der Waals surface area contributed by atoms with Gasteiger partial charge in [-0.05, 0) is 29.5 Å². The standard InChI is InChI=1S/C14H12N2O.C2HF3O2/c1-2-10-3-4-13-11(7-10)8-12-9-15-5-6-16(12)14(13)17;3-2(4,5)1(6)7/h3-9H,2H2,1H3;(H,6,7). The van der Waals surface area contributed by atoms with Crippen LogP contribution in [0, 0.1) is 0 Å². The molecule has 8 heteroatoms. The summed E-state index contributed by atoms with van der Waals surface area (Å²) >= 11 is 0. The lowest BCUT2D eigenvalue weighted by atomic mass is 10.1. The highest BCUT2D eigenvalue weighted by Crippen LogP contribution is 2.15. The number of halogens is 3. The third-order valence-electron chi connectivity index (χ3n) is 3.31. The third-order valence-corrected chi connectivity index (χ3v) is 3.31. The summed E-state index contributed by atoms with van der Waals surface area (Å²) in [6.07, 6.45) is 0.924. The Bertz CT molecular complexity index is 949. The number of nitrogens with zero attached hydrogens (tertiary/aromatic N) is 2. The number of carbonyl (C=O) groups is 1. The average molecular weight is 338 g/mol. The number of benzene rings is 1. The fourth-order valence-corrected chi connectivity index (χ4v) is 2.10. The molecule has 5 nitrogen and oxygen atoms in total. The van der Waals surface area contributed by atoms with Gasteiger partial charge in [-0.1, -0.05) is 19.1 Å². The average Bonchev–Trinajstić information content (AvgIpc) is 2.54. The summed E-state index contributed by atoms with van der Waals surface area (Å²) in [5.74, 6) is -2.76. The highest BCUT2D eigenvalue weighted by Gasteiger charge is 2.38. The van der Waals surface area contributed by atoms with Crippen molar-refractivity contribution in [1.82, 2.24) is 9.38 Å². The van der Waals surface area contributed by atoms with Crippen LogP contribution in [0.5, 0.6) is 0 Å². The quantitative estimate of drug-likeness (QED) is 0.692. The zero-order chi connectivity index (χ0) is 17.9. The van der Waals surface area contributed by atoms with E-state index in [-0.39, 0.29) is 5.56 Å². The molecule has 0 atom stereocenters. The molecule has 126 valence electrons. The molecule has 3 aromatic rings. The van der Waals surface area contributed by atoms with Gasteiger partial charge in [0, 0.05) is 17.8 Å². The Morgan fingerprint density at radius 2 is 1.96 bits per heavy atom. The lowest BCUT2D eigenvalue weighted by molar-refractivity contribution is -0.192. The van der Waals surface area contributed by atoms with Crippen molar-refractivity contribution in [1.29, 1.82) is 0 Å². The number of rotatable bonds is 1. The maximum absolute atomic E-state index is 12.2. The first-order chi connectivity index (χ1) is 11.2. The van der Waals surface area contributed by atoms with Crippen molar-refractivity contribution in [2.45, 2.75) is 19.5 Å². The molecular weight excluding hydrogens is 325 g/mol. The molecule has 2 aromatic heterocycles. The molecule has 0 saturated carbocycles. The zero-order valence-corrected chi connectivity index (χ0v) is 12.5. The van der Waals surface area contributed by atoms with Crippen LogP contribution in [-0.2, 0) is 11.2 Å². The predicted octanol–water partition coefficient (Wildman–Crippen LogP) is 3.04. The molecule has 0 spiro atoms. The Labute approximate surface area is 134 Å². The summed E-state index contributed by atoms with van der Waals surface area (Å²) in [5, 5.41) is 8.87. The summed E-state index contributed by atoms with van der Waals surface area (Å²) in [5.41, 5.74) is 2.09. The first-order valence-electron chi connectivity index (χ1n) is 6.92. The van der Waals surface area contributed by atoms with E-state index in [2.05, 4.69) is 18.0 Å². The van der Waals surface area contributed by atoms with Crippen molar-refractivity contribution in [3.05, 3.63) is 58.8 Å². The molecule has 3 rings (SSSR count). The van der Waals surface area contributed by atoms with Crippen LogP contribution >= 0.6 is 0 Å². The lowest BCUT2D eigenvalue weighted by Crippen LogP contribution is -2.21. The number of carboxylic acids is 1. The van der Waals surface area contributed by atoms with E-state index in [0.29, 0.717) is 0 Å². The normalized spacial score (nSPS) is 11.2. The zero-order valence-electron chi connectivity index (χ0n) is 12.5. The van der Waals surface area contributed by atoms with Crippen molar-refractivity contribution in [3.8, 4) is 0 Å². The SMILES string of the molecule is CCc1ccc2c(=O)n3ccncc3cc2c1.O=C(O)C(F)(F)F. The number of pyridine rings is 1. The van der Waals surface area contributed by atoms with Crippen LogP contribution in [0.25, 0.3) is 16.3 Å². The number of aryl methyl sites for hydroxylation is 1. The number of hydrogen-bond donors (Lipinski definition) is 1. The van der Waals surface area contributed by atoms with Gasteiger partial charge in [0.25, 0.3) is 5.56 Å². The Balaban J connectivity index is 0.000000256. The minimum atomic E-state index is -5.08. The number of aromatic nitrogens is 2. The molecule has 0 aliphatic rings. The first-order valence-corrected chi connectivity index (χ1v) is 6.92. The van der Waals surface area contributed by atoms with Crippen LogP contribution in [0.3, 0.4) is 0 Å². The van der Waals surface area contributed by atoms with Gasteiger partial charge in [0.1, 0.15) is 0 Å². The fourth-order valence-electron chi connectivity index (χ4n) is 2.10. The second kappa shape index (κ2) is 6.69. The molecule has 24 heavy (non-hydrogen) atoms. The molecule has 0 amide bonds. The van der Waals surface area contributed by atoms with Gasteiger partial charge in [0.2, 0.25) is 0 Å². The largest absolute Gasteiger partial charge is 0.490 e. The second-order valence-electron chi connectivity index (χ2n) is 4.90. The molecule has 0 unspecified atom stereocenters. The molecule has 1 N–H and O–H groups in total. The number of fused-ring (bicyclic) bond motifs is 2. The first kappa shape index (κ1) is 17.5. The van der Waals surface area contributed by atoms with E-state index in [0.717, 1.165) is 22.7 Å². The molecular formula is C16H13F3N2O3. The van der Waals surface area contributed by atoms with Crippen LogP contribution in [0.15, 0.2) is 47.7 Å². The van der Waals surface area contributed by atoms with E-state index in [1.807, 2.05) is 18.2 Å². The Hall–Kier alpha value is -2.90. The summed E-state index contributed by atoms with van der Waals surface area (Å²) in [6, 6.07) is 7.99. The van der Waals surface area contributed by atoms with Crippen molar-refractivity contribution in [2.75, 3.05) is 0 Å². The molecule has 1 aromatic carbocycles. The van der Waals surface area contributed by atoms with Gasteiger partial charge >= 0.3 is 12.1 Å². The minimum absolute atomic E-state index is 0.0163. The van der Waals surface area contributed by atoms with Gasteiger partial charge in [0.05, 0.1) is 11.7 Å². The van der Waals surface area contributed by atoms with Gasteiger partial charge in [0.15, 0.2) is 0 Å². The van der Waals surface area contributed by atoms with Crippen LogP contribution in [0.2, 0.25) is 0 Å². The lowest BCUT2D eigenvalue weighted by Gasteiger charge is -2.04. The van der Waals surface area contributed by atoms with E-state index in [1.54, 1.807) is 23.0 Å². The van der Waals surface area contributed by atoms with Crippen molar-refractivity contribution < 1.29 is 23.1 Å². The van der Waals surface area contributed by atoms with Crippen molar-refractivity contribution in [3.63, 3.8) is 0 Å². The van der Waals surface area contributed by atoms with Crippen LogP contribution < -0.4 is 5.56 Å². The predicted molar refractivity (Wildman–Crippen MR) is 82.0 cm³/mol. The Morgan fingerprint density at radius 3 is 2.54 bits per heavy atom. The smallest absolute Gasteiger partial charge is 0.475 e. The van der Waals surface area contributed by atoms with Crippen LogP contribution in [0.4, 0.5) is 13.2 Å². The van der Waals surface area contributed by atoms with Crippen molar-refractivity contribution >= 4 is 22.3 Å². The summed E-state index contributed by atoms with van der Waals surface area (Å²) < 4.78 is 33.4. The fraction of sp³-hybridized carbons (Fsp3) is 0.188. The van der Waals surface area contributed by atoms with Gasteiger partial charge in [-0.15, -0.1) is 0 Å². The molecule has 0 fully saturated rings. The van der Waals surface area contributed by atoms with Crippen LogP contribution in [-0.4, -0.2) is 26.6 Å². The molecule has 0 bridgehead atoms. The number of hydrogen-bond acceptors (Lipinski definition) is 3. The Morgan fingerprint density at radius 1 is 1.29 bits per heavy atom. The molecule has 0 radical (unpaired) electrons. The van der Waals surface area contributed by atoms with E-state index >= 15 is 0 Å². The van der Waals surface area contributed by atoms with E-state index in [1.165, 1.54) is 5.56 Å². The second-order valence-corrected chi connectivity index (χ2v) is 4.90. The summed E-state index contributed by atoms with van der Waals surface area (Å²) in [7, 11) is 0. The van der Waals surface area contributed by atoms with E-state index in [9.17, 15) is 18.0 Å². The van der Waals surface area contributed by atoms with Gasteiger partial charge in [-0.2, -0.15) is 13.2 Å². The number of carboxylic acid groups (broad SMARTS) is 1. The van der Waals surface area contributed by atoms with Gasteiger partial charge in [-0.25, -0.2) is 4.79 Å². The topological polar surface area (TPSA) is 71.7 Å². The highest BCUT2D eigenvalue weighted by molar-refractivity contribution is 5.85. The Kier molecular flexibility index (Phi) is 4.87. The van der Waals surface area contributed by atoms with Crippen molar-refractivity contribution in [2.24, 2.45) is 0 Å². The van der Waals surface area contributed by atoms with Gasteiger partial charge < -0.3 is 5.11 Å². The summed E-state index contributed by atoms with van der Waals surface area (Å²) in [6.45, 7) is 2.11. The molecule has 2 heterocycles. The van der Waals surface area contributed by atoms with Crippen LogP contribution in [0.1, 0.15) is 12.5 Å². The third kappa shape index (κ3) is 3.70. The van der Waals surface area contributed by atoms with Gasteiger partial charge in [-0.3, -0.25) is 14.2 Å². The monoisotopic (exact) mass is 338 g/mol. The maximum atomic E-state index is 12.2. The highest BCUT2D eigenvalue weighted by atomic mass is 19.4. The maximum Gasteiger partial charge on any atom is 0.490 e. The van der Waals surface area contributed by atoms with E-state index in [4.69, 9.17) is 9.90 Å². The minimum Gasteiger partial charge on any atom is -0.475 e.